The first-order valence-electron chi connectivity index (χ1n) is 3.14. The summed E-state index contributed by atoms with van der Waals surface area (Å²) in [5.74, 6) is 1.73. The first-order valence-corrected chi connectivity index (χ1v) is 3.14. The number of alkyl halides is 3. The maximum absolute atomic E-state index is 12.1. The maximum Gasteiger partial charge on any atom is 0.417 e. The Morgan fingerprint density at radius 1 is 1.17 bits per heavy atom. The van der Waals surface area contributed by atoms with E-state index in [0.29, 0.717) is 0 Å². The molecule has 0 atom stereocenters. The SMILES string of the molecule is [C]#Cc1ccccc1C(F)(F)F. The Labute approximate surface area is 68.0 Å². The molecule has 0 N–H and O–H groups in total. The van der Waals surface area contributed by atoms with Crippen LogP contribution in [0.1, 0.15) is 11.1 Å². The molecule has 0 heterocycles. The number of hydrogen-bond donors (Lipinski definition) is 0. The Morgan fingerprint density at radius 2 is 1.75 bits per heavy atom. The van der Waals surface area contributed by atoms with Crippen molar-refractivity contribution in [2.45, 2.75) is 6.18 Å². The van der Waals surface area contributed by atoms with Gasteiger partial charge in [-0.05, 0) is 18.6 Å². The van der Waals surface area contributed by atoms with Gasteiger partial charge in [0.2, 0.25) is 0 Å². The lowest BCUT2D eigenvalue weighted by Gasteiger charge is -2.07. The van der Waals surface area contributed by atoms with Crippen molar-refractivity contribution in [2.75, 3.05) is 0 Å². The minimum Gasteiger partial charge on any atom is -0.166 e. The van der Waals surface area contributed by atoms with Crippen molar-refractivity contribution in [1.82, 2.24) is 0 Å². The van der Waals surface area contributed by atoms with E-state index >= 15 is 0 Å². The molecule has 12 heavy (non-hydrogen) atoms. The van der Waals surface area contributed by atoms with Gasteiger partial charge in [-0.15, -0.1) is 0 Å². The van der Waals surface area contributed by atoms with Gasteiger partial charge in [-0.25, -0.2) is 0 Å². The van der Waals surface area contributed by atoms with Crippen LogP contribution in [0.4, 0.5) is 13.2 Å². The molecule has 0 unspecified atom stereocenters. The van der Waals surface area contributed by atoms with E-state index < -0.39 is 11.7 Å². The van der Waals surface area contributed by atoms with Crippen LogP contribution in [-0.2, 0) is 6.18 Å². The molecule has 0 aromatic heterocycles. The summed E-state index contributed by atoms with van der Waals surface area (Å²) in [7, 11) is 0. The zero-order chi connectivity index (χ0) is 9.19. The van der Waals surface area contributed by atoms with E-state index in [4.69, 9.17) is 6.42 Å². The zero-order valence-corrected chi connectivity index (χ0v) is 5.94. The van der Waals surface area contributed by atoms with Gasteiger partial charge in [-0.2, -0.15) is 13.2 Å². The molecule has 1 radical (unpaired) electrons. The molecular weight excluding hydrogens is 165 g/mol. The molecule has 0 fully saturated rings. The van der Waals surface area contributed by atoms with Gasteiger partial charge < -0.3 is 0 Å². The van der Waals surface area contributed by atoms with Crippen molar-refractivity contribution < 1.29 is 13.2 Å². The van der Waals surface area contributed by atoms with Crippen LogP contribution in [0, 0.1) is 12.3 Å². The molecule has 0 aliphatic heterocycles. The van der Waals surface area contributed by atoms with Crippen LogP contribution < -0.4 is 0 Å². The van der Waals surface area contributed by atoms with E-state index in [0.717, 1.165) is 6.07 Å². The number of benzene rings is 1. The van der Waals surface area contributed by atoms with Gasteiger partial charge >= 0.3 is 6.18 Å². The van der Waals surface area contributed by atoms with Crippen LogP contribution in [0.25, 0.3) is 0 Å². The highest BCUT2D eigenvalue weighted by molar-refractivity contribution is 5.39. The second kappa shape index (κ2) is 2.90. The van der Waals surface area contributed by atoms with Crippen molar-refractivity contribution in [3.05, 3.63) is 41.8 Å². The lowest BCUT2D eigenvalue weighted by atomic mass is 10.1. The topological polar surface area (TPSA) is 0 Å². The summed E-state index contributed by atoms with van der Waals surface area (Å²) in [6.45, 7) is 0. The molecule has 61 valence electrons. The average molecular weight is 169 g/mol. The Bertz CT molecular complexity index is 317. The van der Waals surface area contributed by atoms with Crippen molar-refractivity contribution >= 4 is 0 Å². The number of rotatable bonds is 0. The van der Waals surface area contributed by atoms with Gasteiger partial charge in [-0.3, -0.25) is 0 Å². The molecule has 0 aliphatic carbocycles. The van der Waals surface area contributed by atoms with Gasteiger partial charge in [0, 0.05) is 5.56 Å². The zero-order valence-electron chi connectivity index (χ0n) is 5.94. The fraction of sp³-hybridized carbons (Fsp3) is 0.111. The van der Waals surface area contributed by atoms with Crippen LogP contribution in [0.5, 0.6) is 0 Å². The van der Waals surface area contributed by atoms with E-state index in [1.165, 1.54) is 18.2 Å². The highest BCUT2D eigenvalue weighted by atomic mass is 19.4. The van der Waals surface area contributed by atoms with Crippen molar-refractivity contribution in [3.63, 3.8) is 0 Å². The van der Waals surface area contributed by atoms with Crippen LogP contribution >= 0.6 is 0 Å². The summed E-state index contributed by atoms with van der Waals surface area (Å²) in [6, 6.07) is 4.85. The highest BCUT2D eigenvalue weighted by Gasteiger charge is 2.32. The summed E-state index contributed by atoms with van der Waals surface area (Å²) >= 11 is 0. The van der Waals surface area contributed by atoms with E-state index in [1.54, 1.807) is 5.92 Å². The predicted octanol–water partition coefficient (Wildman–Crippen LogP) is 2.64. The summed E-state index contributed by atoms with van der Waals surface area (Å²) in [5.41, 5.74) is -1.05. The van der Waals surface area contributed by atoms with E-state index in [1.807, 2.05) is 0 Å². The van der Waals surface area contributed by atoms with Crippen LogP contribution in [0.3, 0.4) is 0 Å². The Hall–Kier alpha value is -1.43. The predicted molar refractivity (Wildman–Crippen MR) is 37.7 cm³/mol. The van der Waals surface area contributed by atoms with Crippen LogP contribution in [-0.4, -0.2) is 0 Å². The summed E-state index contributed by atoms with van der Waals surface area (Å²) in [5, 5.41) is 0. The minimum absolute atomic E-state index is 0.231. The first-order chi connectivity index (χ1) is 5.55. The fourth-order valence-corrected chi connectivity index (χ4v) is 0.839. The van der Waals surface area contributed by atoms with Crippen LogP contribution in [0.2, 0.25) is 0 Å². The Balaban J connectivity index is 3.26. The molecule has 1 rings (SSSR count). The monoisotopic (exact) mass is 169 g/mol. The van der Waals surface area contributed by atoms with Gasteiger partial charge in [0.15, 0.2) is 0 Å². The van der Waals surface area contributed by atoms with Crippen molar-refractivity contribution in [3.8, 4) is 5.92 Å². The minimum atomic E-state index is -4.40. The third-order valence-electron chi connectivity index (χ3n) is 1.37. The quantitative estimate of drug-likeness (QED) is 0.524. The molecule has 0 bridgehead atoms. The third kappa shape index (κ3) is 1.59. The lowest BCUT2D eigenvalue weighted by molar-refractivity contribution is -0.137. The lowest BCUT2D eigenvalue weighted by Crippen LogP contribution is -2.06. The molecule has 0 amide bonds. The smallest absolute Gasteiger partial charge is 0.166 e. The maximum atomic E-state index is 12.1. The molecule has 0 nitrogen and oxygen atoms in total. The van der Waals surface area contributed by atoms with E-state index in [9.17, 15) is 13.2 Å². The van der Waals surface area contributed by atoms with Crippen LogP contribution in [0.15, 0.2) is 24.3 Å². The average Bonchev–Trinajstić information content (AvgIpc) is 2.03. The second-order valence-corrected chi connectivity index (χ2v) is 2.17. The fourth-order valence-electron chi connectivity index (χ4n) is 0.839. The molecule has 0 aliphatic rings. The van der Waals surface area contributed by atoms with Gasteiger partial charge in [-0.1, -0.05) is 18.1 Å². The molecule has 1 aromatic rings. The van der Waals surface area contributed by atoms with Gasteiger partial charge in [0.1, 0.15) is 0 Å². The summed E-state index contributed by atoms with van der Waals surface area (Å²) in [4.78, 5) is 0. The molecular formula is C9H4F3. The molecule has 0 saturated heterocycles. The normalized spacial score (nSPS) is 10.8. The molecule has 3 heteroatoms. The molecule has 0 spiro atoms. The van der Waals surface area contributed by atoms with Crippen molar-refractivity contribution in [1.29, 1.82) is 0 Å². The van der Waals surface area contributed by atoms with Gasteiger partial charge in [0.05, 0.1) is 5.56 Å². The largest absolute Gasteiger partial charge is 0.417 e. The van der Waals surface area contributed by atoms with E-state index in [-0.39, 0.29) is 5.56 Å². The molecule has 0 saturated carbocycles. The summed E-state index contributed by atoms with van der Waals surface area (Å²) < 4.78 is 36.3. The number of hydrogen-bond acceptors (Lipinski definition) is 0. The summed E-state index contributed by atoms with van der Waals surface area (Å²) in [6.07, 6.45) is 2.22. The Morgan fingerprint density at radius 3 is 2.17 bits per heavy atom. The first kappa shape index (κ1) is 8.66. The van der Waals surface area contributed by atoms with E-state index in [2.05, 4.69) is 0 Å². The molecule has 1 aromatic carbocycles. The van der Waals surface area contributed by atoms with Crippen molar-refractivity contribution in [2.24, 2.45) is 0 Å². The standard InChI is InChI=1S/C9H4F3/c1-2-7-5-3-4-6-8(7)9(10,11)12/h3-6H. The highest BCUT2D eigenvalue weighted by Crippen LogP contribution is 2.31. The second-order valence-electron chi connectivity index (χ2n) is 2.17. The Kier molecular flexibility index (Phi) is 2.09. The third-order valence-corrected chi connectivity index (χ3v) is 1.37. The van der Waals surface area contributed by atoms with Gasteiger partial charge in [0.25, 0.3) is 0 Å². The number of halogens is 3.